The molecule has 0 aliphatic carbocycles. The molecule has 23 heavy (non-hydrogen) atoms. The zero-order valence-corrected chi connectivity index (χ0v) is 15.5. The van der Waals surface area contributed by atoms with Gasteiger partial charge in [-0.3, -0.25) is 4.90 Å². The van der Waals surface area contributed by atoms with Gasteiger partial charge in [-0.2, -0.15) is 11.8 Å². The molecule has 1 N–H and O–H groups in total. The van der Waals surface area contributed by atoms with Gasteiger partial charge in [0.2, 0.25) is 0 Å². The Morgan fingerprint density at radius 1 is 1.35 bits per heavy atom. The van der Waals surface area contributed by atoms with Crippen molar-refractivity contribution in [3.8, 4) is 0 Å². The number of fused-ring (bicyclic) bond motifs is 1. The normalized spacial score (nSPS) is 13.8. The van der Waals surface area contributed by atoms with Crippen molar-refractivity contribution in [3.05, 3.63) is 23.8 Å². The van der Waals surface area contributed by atoms with E-state index in [2.05, 4.69) is 23.7 Å². The zero-order valence-electron chi connectivity index (χ0n) is 14.6. The molecule has 0 aromatic heterocycles. The number of benzene rings is 1. The van der Waals surface area contributed by atoms with E-state index >= 15 is 0 Å². The van der Waals surface area contributed by atoms with Gasteiger partial charge >= 0.3 is 6.09 Å². The molecule has 1 heterocycles. The summed E-state index contributed by atoms with van der Waals surface area (Å²) in [6.45, 7) is 7.38. The Bertz CT molecular complexity index is 540. The van der Waals surface area contributed by atoms with Crippen molar-refractivity contribution in [2.75, 3.05) is 35.3 Å². The Balaban J connectivity index is 1.93. The Morgan fingerprint density at radius 2 is 2.13 bits per heavy atom. The summed E-state index contributed by atoms with van der Waals surface area (Å²) >= 11 is 1.89. The Kier molecular flexibility index (Phi) is 6.22. The number of amides is 1. The number of nitrogens with one attached hydrogen (secondary N) is 1. The number of nitrogens with zero attached hydrogens (tertiary/aromatic N) is 1. The van der Waals surface area contributed by atoms with E-state index in [9.17, 15) is 4.79 Å². The van der Waals surface area contributed by atoms with Gasteiger partial charge in [-0.1, -0.05) is 0 Å². The van der Waals surface area contributed by atoms with Crippen molar-refractivity contribution in [2.24, 2.45) is 0 Å². The molecule has 1 amide bonds. The smallest absolute Gasteiger partial charge is 0.414 e. The highest BCUT2D eigenvalue weighted by Crippen LogP contribution is 2.31. The number of unbranched alkanes of at least 4 members (excludes halogenated alkanes) is 1. The zero-order chi connectivity index (χ0) is 16.9. The van der Waals surface area contributed by atoms with E-state index in [-0.39, 0.29) is 6.09 Å². The SMILES string of the molecule is CSCCCCNc1ccc2c(c1)CCN2C(=O)OC(C)(C)C. The van der Waals surface area contributed by atoms with Crippen molar-refractivity contribution >= 4 is 29.2 Å². The summed E-state index contributed by atoms with van der Waals surface area (Å²) in [5.41, 5.74) is 2.87. The molecule has 0 unspecified atom stereocenters. The standard InChI is InChI=1S/C18H28N2O2S/c1-18(2,3)22-17(21)20-11-9-14-13-15(7-8-16(14)20)19-10-5-6-12-23-4/h7-8,13,19H,5-6,9-12H2,1-4H3. The summed E-state index contributed by atoms with van der Waals surface area (Å²) in [6.07, 6.45) is 5.20. The number of carbonyl (C=O) groups excluding carboxylic acids is 1. The number of hydrogen-bond donors (Lipinski definition) is 1. The van der Waals surface area contributed by atoms with Crippen LogP contribution in [0, 0.1) is 0 Å². The lowest BCUT2D eigenvalue weighted by Crippen LogP contribution is -2.35. The van der Waals surface area contributed by atoms with E-state index in [1.807, 2.05) is 38.6 Å². The molecular formula is C18H28N2O2S. The van der Waals surface area contributed by atoms with Crippen LogP contribution in [0.3, 0.4) is 0 Å². The van der Waals surface area contributed by atoms with Gasteiger partial charge in [0, 0.05) is 18.8 Å². The third-order valence-corrected chi connectivity index (χ3v) is 4.39. The van der Waals surface area contributed by atoms with Crippen molar-refractivity contribution < 1.29 is 9.53 Å². The molecule has 0 atom stereocenters. The first-order valence-corrected chi connectivity index (χ1v) is 9.66. The summed E-state index contributed by atoms with van der Waals surface area (Å²) in [4.78, 5) is 14.0. The Morgan fingerprint density at radius 3 is 2.83 bits per heavy atom. The molecule has 0 radical (unpaired) electrons. The van der Waals surface area contributed by atoms with Gasteiger partial charge in [0.25, 0.3) is 0 Å². The van der Waals surface area contributed by atoms with E-state index in [1.54, 1.807) is 4.90 Å². The van der Waals surface area contributed by atoms with Crippen LogP contribution in [0.1, 0.15) is 39.2 Å². The fraction of sp³-hybridized carbons (Fsp3) is 0.611. The van der Waals surface area contributed by atoms with Crippen molar-refractivity contribution in [3.63, 3.8) is 0 Å². The molecule has 0 spiro atoms. The molecule has 0 bridgehead atoms. The topological polar surface area (TPSA) is 41.6 Å². The molecule has 0 saturated heterocycles. The van der Waals surface area contributed by atoms with Crippen molar-refractivity contribution in [2.45, 2.75) is 45.6 Å². The molecule has 1 aliphatic rings. The largest absolute Gasteiger partial charge is 0.443 e. The average molecular weight is 337 g/mol. The van der Waals surface area contributed by atoms with Crippen LogP contribution < -0.4 is 10.2 Å². The molecule has 5 heteroatoms. The number of anilines is 2. The fourth-order valence-corrected chi connectivity index (χ4v) is 3.12. The molecule has 2 rings (SSSR count). The van der Waals surface area contributed by atoms with Gasteiger partial charge in [-0.05, 0) is 75.8 Å². The van der Waals surface area contributed by atoms with Gasteiger partial charge < -0.3 is 10.1 Å². The highest BCUT2D eigenvalue weighted by Gasteiger charge is 2.28. The van der Waals surface area contributed by atoms with Crippen LogP contribution in [0.4, 0.5) is 16.2 Å². The molecular weight excluding hydrogens is 308 g/mol. The predicted octanol–water partition coefficient (Wildman–Crippen LogP) is 4.54. The van der Waals surface area contributed by atoms with E-state index in [1.165, 1.54) is 24.2 Å². The minimum absolute atomic E-state index is 0.256. The first-order valence-electron chi connectivity index (χ1n) is 8.27. The Labute approximate surface area is 144 Å². The molecule has 1 aromatic carbocycles. The van der Waals surface area contributed by atoms with E-state index in [4.69, 9.17) is 4.74 Å². The quantitative estimate of drug-likeness (QED) is 0.774. The van der Waals surface area contributed by atoms with E-state index in [0.717, 1.165) is 24.3 Å². The summed E-state index contributed by atoms with van der Waals surface area (Å²) < 4.78 is 5.48. The van der Waals surface area contributed by atoms with Crippen LogP contribution in [-0.4, -0.2) is 36.8 Å². The second-order valence-electron chi connectivity index (χ2n) is 6.85. The fourth-order valence-electron chi connectivity index (χ4n) is 2.62. The van der Waals surface area contributed by atoms with Gasteiger partial charge in [0.05, 0.1) is 5.69 Å². The minimum Gasteiger partial charge on any atom is -0.443 e. The molecule has 0 saturated carbocycles. The second-order valence-corrected chi connectivity index (χ2v) is 7.84. The summed E-state index contributed by atoms with van der Waals surface area (Å²) in [5, 5.41) is 3.47. The molecule has 1 aliphatic heterocycles. The highest BCUT2D eigenvalue weighted by molar-refractivity contribution is 7.98. The van der Waals surface area contributed by atoms with Gasteiger partial charge in [0.15, 0.2) is 0 Å². The van der Waals surface area contributed by atoms with Gasteiger partial charge in [0.1, 0.15) is 5.60 Å². The molecule has 4 nitrogen and oxygen atoms in total. The van der Waals surface area contributed by atoms with Crippen molar-refractivity contribution in [1.29, 1.82) is 0 Å². The summed E-state index contributed by atoms with van der Waals surface area (Å²) in [6, 6.07) is 6.24. The van der Waals surface area contributed by atoms with Crippen LogP contribution in [0.25, 0.3) is 0 Å². The number of thioether (sulfide) groups is 1. The number of rotatable bonds is 6. The molecule has 1 aromatic rings. The molecule has 0 fully saturated rings. The van der Waals surface area contributed by atoms with E-state index in [0.29, 0.717) is 6.54 Å². The highest BCUT2D eigenvalue weighted by atomic mass is 32.2. The lowest BCUT2D eigenvalue weighted by Gasteiger charge is -2.24. The lowest BCUT2D eigenvalue weighted by molar-refractivity contribution is 0.0584. The summed E-state index contributed by atoms with van der Waals surface area (Å²) in [5.74, 6) is 1.22. The predicted molar refractivity (Wildman–Crippen MR) is 99.8 cm³/mol. The van der Waals surface area contributed by atoms with Crippen LogP contribution in [0.15, 0.2) is 18.2 Å². The number of carbonyl (C=O) groups is 1. The minimum atomic E-state index is -0.460. The van der Waals surface area contributed by atoms with Crippen LogP contribution >= 0.6 is 11.8 Å². The number of ether oxygens (including phenoxy) is 1. The molecule has 128 valence electrons. The van der Waals surface area contributed by atoms with E-state index < -0.39 is 5.60 Å². The maximum Gasteiger partial charge on any atom is 0.414 e. The third kappa shape index (κ3) is 5.34. The monoisotopic (exact) mass is 336 g/mol. The maximum atomic E-state index is 12.3. The van der Waals surface area contributed by atoms with Crippen LogP contribution in [0.5, 0.6) is 0 Å². The number of hydrogen-bond acceptors (Lipinski definition) is 4. The first-order chi connectivity index (χ1) is 10.9. The van der Waals surface area contributed by atoms with Gasteiger partial charge in [-0.25, -0.2) is 4.79 Å². The van der Waals surface area contributed by atoms with Crippen LogP contribution in [-0.2, 0) is 11.2 Å². The van der Waals surface area contributed by atoms with Gasteiger partial charge in [-0.15, -0.1) is 0 Å². The lowest BCUT2D eigenvalue weighted by atomic mass is 10.1. The maximum absolute atomic E-state index is 12.3. The van der Waals surface area contributed by atoms with Crippen molar-refractivity contribution in [1.82, 2.24) is 0 Å². The second kappa shape index (κ2) is 7.95. The third-order valence-electron chi connectivity index (χ3n) is 3.69. The Hall–Kier alpha value is -1.36. The first kappa shape index (κ1) is 18.0. The average Bonchev–Trinajstić information content (AvgIpc) is 2.88. The summed E-state index contributed by atoms with van der Waals surface area (Å²) in [7, 11) is 0. The van der Waals surface area contributed by atoms with Crippen LogP contribution in [0.2, 0.25) is 0 Å².